The molecule has 0 aliphatic rings. The summed E-state index contributed by atoms with van der Waals surface area (Å²) < 4.78 is 16.6. The highest BCUT2D eigenvalue weighted by Gasteiger charge is 2.16. The first-order valence-electron chi connectivity index (χ1n) is 6.23. The van der Waals surface area contributed by atoms with Crippen molar-refractivity contribution in [3.63, 3.8) is 0 Å². The Balaban J connectivity index is 1.91. The van der Waals surface area contributed by atoms with Crippen molar-refractivity contribution in [2.45, 2.75) is 12.5 Å². The molecule has 0 aliphatic heterocycles. The molecule has 2 N–H and O–H groups in total. The van der Waals surface area contributed by atoms with Gasteiger partial charge in [0.05, 0.1) is 18.8 Å². The zero-order valence-electron chi connectivity index (χ0n) is 10.4. The Labute approximate surface area is 110 Å². The number of nitrogens with two attached hydrogens (primary N) is 1. The Morgan fingerprint density at radius 1 is 1.16 bits per heavy atom. The van der Waals surface area contributed by atoms with Gasteiger partial charge in [-0.25, -0.2) is 0 Å². The van der Waals surface area contributed by atoms with Crippen LogP contribution in [-0.4, -0.2) is 6.54 Å². The number of fused-ring (bicyclic) bond motifs is 1. The van der Waals surface area contributed by atoms with Crippen molar-refractivity contribution in [1.82, 2.24) is 0 Å². The Kier molecular flexibility index (Phi) is 3.25. The van der Waals surface area contributed by atoms with Gasteiger partial charge in [-0.05, 0) is 24.7 Å². The lowest BCUT2D eigenvalue weighted by atomic mass is 10.1. The number of para-hydroxylation sites is 1. The molecule has 3 aromatic rings. The number of rotatable bonds is 5. The maximum atomic E-state index is 6.04. The van der Waals surface area contributed by atoms with Gasteiger partial charge in [-0.15, -0.1) is 0 Å². The monoisotopic (exact) mass is 257 g/mol. The summed E-state index contributed by atoms with van der Waals surface area (Å²) in [6, 6.07) is 9.64. The van der Waals surface area contributed by atoms with E-state index in [-0.39, 0.29) is 6.10 Å². The smallest absolute Gasteiger partial charge is 0.175 e. The molecule has 0 saturated carbocycles. The average Bonchev–Trinajstić information content (AvgIpc) is 3.10. The molecule has 0 saturated heterocycles. The zero-order valence-corrected chi connectivity index (χ0v) is 10.4. The molecule has 2 aromatic heterocycles. The third kappa shape index (κ3) is 2.35. The van der Waals surface area contributed by atoms with Crippen LogP contribution in [0.2, 0.25) is 0 Å². The molecule has 0 radical (unpaired) electrons. The SMILES string of the molecule is NCCC(Oc1cccc2ccoc12)c1ccoc1. The van der Waals surface area contributed by atoms with Crippen molar-refractivity contribution in [1.29, 1.82) is 0 Å². The molecular weight excluding hydrogens is 242 g/mol. The first kappa shape index (κ1) is 11.9. The molecule has 98 valence electrons. The summed E-state index contributed by atoms with van der Waals surface area (Å²) in [5, 5.41) is 1.02. The number of ether oxygens (including phenoxy) is 1. The van der Waals surface area contributed by atoms with E-state index in [0.29, 0.717) is 6.54 Å². The lowest BCUT2D eigenvalue weighted by Gasteiger charge is -2.17. The summed E-state index contributed by atoms with van der Waals surface area (Å²) in [5.41, 5.74) is 7.39. The van der Waals surface area contributed by atoms with Crippen LogP contribution in [0.1, 0.15) is 18.1 Å². The Morgan fingerprint density at radius 3 is 2.89 bits per heavy atom. The van der Waals surface area contributed by atoms with Crippen LogP contribution in [0.5, 0.6) is 5.75 Å². The largest absolute Gasteiger partial charge is 0.482 e. The van der Waals surface area contributed by atoms with Crippen molar-refractivity contribution in [3.05, 3.63) is 54.7 Å². The normalized spacial score (nSPS) is 12.7. The molecule has 1 aromatic carbocycles. The molecule has 3 rings (SSSR count). The van der Waals surface area contributed by atoms with Crippen LogP contribution < -0.4 is 10.5 Å². The second kappa shape index (κ2) is 5.20. The van der Waals surface area contributed by atoms with E-state index in [1.54, 1.807) is 18.8 Å². The summed E-state index contributed by atoms with van der Waals surface area (Å²) in [5.74, 6) is 0.724. The van der Waals surface area contributed by atoms with Crippen molar-refractivity contribution in [2.24, 2.45) is 5.73 Å². The number of furan rings is 2. The van der Waals surface area contributed by atoms with E-state index in [4.69, 9.17) is 19.3 Å². The van der Waals surface area contributed by atoms with Gasteiger partial charge in [0.15, 0.2) is 11.3 Å². The second-order valence-corrected chi connectivity index (χ2v) is 4.34. The lowest BCUT2D eigenvalue weighted by Crippen LogP contribution is -2.12. The minimum absolute atomic E-state index is 0.126. The highest BCUT2D eigenvalue weighted by atomic mass is 16.5. The van der Waals surface area contributed by atoms with Crippen LogP contribution in [0.4, 0.5) is 0 Å². The lowest BCUT2D eigenvalue weighted by molar-refractivity contribution is 0.197. The molecule has 4 heteroatoms. The van der Waals surface area contributed by atoms with E-state index in [1.165, 1.54) is 0 Å². The van der Waals surface area contributed by atoms with Gasteiger partial charge in [-0.3, -0.25) is 0 Å². The van der Waals surface area contributed by atoms with Gasteiger partial charge in [0, 0.05) is 17.4 Å². The predicted molar refractivity (Wildman–Crippen MR) is 72.0 cm³/mol. The van der Waals surface area contributed by atoms with Gasteiger partial charge in [-0.2, -0.15) is 0 Å². The third-order valence-corrected chi connectivity index (χ3v) is 3.06. The van der Waals surface area contributed by atoms with Crippen LogP contribution in [0.3, 0.4) is 0 Å². The number of hydrogen-bond donors (Lipinski definition) is 1. The highest BCUT2D eigenvalue weighted by molar-refractivity contribution is 5.82. The van der Waals surface area contributed by atoms with Gasteiger partial charge in [-0.1, -0.05) is 12.1 Å². The molecule has 0 aliphatic carbocycles. The molecule has 4 nitrogen and oxygen atoms in total. The molecule has 0 spiro atoms. The molecule has 0 fully saturated rings. The minimum atomic E-state index is -0.126. The van der Waals surface area contributed by atoms with Crippen molar-refractivity contribution in [2.75, 3.05) is 6.54 Å². The summed E-state index contributed by atoms with van der Waals surface area (Å²) in [4.78, 5) is 0. The number of benzene rings is 1. The van der Waals surface area contributed by atoms with Gasteiger partial charge >= 0.3 is 0 Å². The highest BCUT2D eigenvalue weighted by Crippen LogP contribution is 2.31. The van der Waals surface area contributed by atoms with Crippen LogP contribution in [0.25, 0.3) is 11.0 Å². The fourth-order valence-electron chi connectivity index (χ4n) is 2.11. The van der Waals surface area contributed by atoms with Crippen molar-refractivity contribution in [3.8, 4) is 5.75 Å². The maximum absolute atomic E-state index is 6.04. The predicted octanol–water partition coefficient (Wildman–Crippen LogP) is 3.49. The third-order valence-electron chi connectivity index (χ3n) is 3.06. The van der Waals surface area contributed by atoms with E-state index in [0.717, 1.165) is 28.7 Å². The number of hydrogen-bond acceptors (Lipinski definition) is 4. The molecule has 0 bridgehead atoms. The fourth-order valence-corrected chi connectivity index (χ4v) is 2.11. The minimum Gasteiger partial charge on any atom is -0.482 e. The van der Waals surface area contributed by atoms with Crippen molar-refractivity contribution >= 4 is 11.0 Å². The Bertz CT molecular complexity index is 642. The average molecular weight is 257 g/mol. The summed E-state index contributed by atoms with van der Waals surface area (Å²) in [6.45, 7) is 0.546. The first-order valence-corrected chi connectivity index (χ1v) is 6.23. The molecule has 1 atom stereocenters. The molecule has 0 amide bonds. The topological polar surface area (TPSA) is 61.5 Å². The summed E-state index contributed by atoms with van der Waals surface area (Å²) in [6.07, 6.45) is 5.57. The standard InChI is InChI=1S/C15H15NO3/c16-7-4-13(12-5-8-17-10-12)19-14-3-1-2-11-6-9-18-15(11)14/h1-3,5-6,8-10,13H,4,7,16H2. The van der Waals surface area contributed by atoms with Gasteiger partial charge in [0.1, 0.15) is 6.10 Å². The molecule has 19 heavy (non-hydrogen) atoms. The molecule has 2 heterocycles. The summed E-state index contributed by atoms with van der Waals surface area (Å²) >= 11 is 0. The molecule has 1 unspecified atom stereocenters. The first-order chi connectivity index (χ1) is 9.38. The van der Waals surface area contributed by atoms with E-state index >= 15 is 0 Å². The van der Waals surface area contributed by atoms with Crippen molar-refractivity contribution < 1.29 is 13.6 Å². The fraction of sp³-hybridized carbons (Fsp3) is 0.200. The van der Waals surface area contributed by atoms with E-state index in [1.807, 2.05) is 30.3 Å². The van der Waals surface area contributed by atoms with Gasteiger partial charge in [0.25, 0.3) is 0 Å². The van der Waals surface area contributed by atoms with E-state index in [9.17, 15) is 0 Å². The van der Waals surface area contributed by atoms with Crippen LogP contribution in [-0.2, 0) is 0 Å². The summed E-state index contributed by atoms with van der Waals surface area (Å²) in [7, 11) is 0. The van der Waals surface area contributed by atoms with Crippen LogP contribution >= 0.6 is 0 Å². The Morgan fingerprint density at radius 2 is 2.11 bits per heavy atom. The van der Waals surface area contributed by atoms with Gasteiger partial charge in [0.2, 0.25) is 0 Å². The van der Waals surface area contributed by atoms with Gasteiger partial charge < -0.3 is 19.3 Å². The van der Waals surface area contributed by atoms with Crippen LogP contribution in [0.15, 0.2) is 58.0 Å². The maximum Gasteiger partial charge on any atom is 0.175 e. The van der Waals surface area contributed by atoms with E-state index in [2.05, 4.69) is 0 Å². The zero-order chi connectivity index (χ0) is 13.1. The quantitative estimate of drug-likeness (QED) is 0.760. The van der Waals surface area contributed by atoms with Crippen LogP contribution in [0, 0.1) is 0 Å². The molecular formula is C15H15NO3. The second-order valence-electron chi connectivity index (χ2n) is 4.34. The Hall–Kier alpha value is -2.20. The van der Waals surface area contributed by atoms with E-state index < -0.39 is 0 Å².